The van der Waals surface area contributed by atoms with Gasteiger partial charge in [-0.05, 0) is 23.6 Å². The van der Waals surface area contributed by atoms with Gasteiger partial charge in [-0.1, -0.05) is 84.9 Å². The summed E-state index contributed by atoms with van der Waals surface area (Å²) >= 11 is 3.64. The number of hydrogen-bond acceptors (Lipinski definition) is 3. The van der Waals surface area contributed by atoms with Gasteiger partial charge >= 0.3 is 0 Å². The first-order valence-electron chi connectivity index (χ1n) is 9.45. The van der Waals surface area contributed by atoms with Gasteiger partial charge < -0.3 is 0 Å². The Labute approximate surface area is 175 Å². The number of aryl methyl sites for hydroxylation is 1. The minimum Gasteiger partial charge on any atom is -0.289 e. The van der Waals surface area contributed by atoms with Crippen molar-refractivity contribution in [3.8, 4) is 0 Å². The van der Waals surface area contributed by atoms with E-state index >= 15 is 0 Å². The van der Waals surface area contributed by atoms with Crippen molar-refractivity contribution in [2.75, 3.05) is 11.5 Å². The van der Waals surface area contributed by atoms with Crippen LogP contribution in [0.1, 0.15) is 33.0 Å². The lowest BCUT2D eigenvalue weighted by atomic mass is 9.81. The van der Waals surface area contributed by atoms with Crippen LogP contribution in [0, 0.1) is 6.92 Å². The molecule has 0 saturated carbocycles. The molecule has 1 fully saturated rings. The van der Waals surface area contributed by atoms with E-state index in [2.05, 4.69) is 48.5 Å². The smallest absolute Gasteiger partial charge is 0.191 e. The molecule has 1 heterocycles. The van der Waals surface area contributed by atoms with Crippen molar-refractivity contribution in [3.63, 3.8) is 0 Å². The molecule has 0 amide bonds. The summed E-state index contributed by atoms with van der Waals surface area (Å²) in [4.78, 5) is 13.9. The van der Waals surface area contributed by atoms with Gasteiger partial charge in [-0.15, -0.1) is 23.5 Å². The van der Waals surface area contributed by atoms with Gasteiger partial charge in [0.05, 0.1) is 0 Å². The molecule has 3 aromatic rings. The van der Waals surface area contributed by atoms with Crippen molar-refractivity contribution in [2.24, 2.45) is 0 Å². The van der Waals surface area contributed by atoms with E-state index in [0.29, 0.717) is 0 Å². The van der Waals surface area contributed by atoms with Crippen LogP contribution in [0.5, 0.6) is 0 Å². The molecule has 0 atom stereocenters. The van der Waals surface area contributed by atoms with Crippen LogP contribution in [0.2, 0.25) is 0 Å². The van der Waals surface area contributed by atoms with Crippen LogP contribution in [-0.4, -0.2) is 17.3 Å². The topological polar surface area (TPSA) is 17.1 Å². The van der Waals surface area contributed by atoms with E-state index in [1.54, 1.807) is 0 Å². The second-order valence-corrected chi connectivity index (χ2v) is 9.27. The van der Waals surface area contributed by atoms with Crippen LogP contribution in [0.3, 0.4) is 0 Å². The third-order valence-corrected chi connectivity index (χ3v) is 7.70. The van der Waals surface area contributed by atoms with Crippen molar-refractivity contribution < 1.29 is 4.79 Å². The van der Waals surface area contributed by atoms with Crippen LogP contribution in [-0.2, 0) is 0 Å². The number of ketones is 1. The highest BCUT2D eigenvalue weighted by molar-refractivity contribution is 8.25. The fourth-order valence-electron chi connectivity index (χ4n) is 3.60. The van der Waals surface area contributed by atoms with Gasteiger partial charge in [-0.3, -0.25) is 4.79 Å². The molecule has 28 heavy (non-hydrogen) atoms. The summed E-state index contributed by atoms with van der Waals surface area (Å²) in [6.07, 6.45) is 0. The average molecular weight is 403 g/mol. The Morgan fingerprint density at radius 1 is 0.750 bits per heavy atom. The molecule has 1 saturated heterocycles. The normalized spacial score (nSPS) is 13.7. The number of allylic oxidation sites excluding steroid dienone is 1. The van der Waals surface area contributed by atoms with E-state index < -0.39 is 0 Å². The zero-order chi connectivity index (χ0) is 19.3. The van der Waals surface area contributed by atoms with Crippen molar-refractivity contribution >= 4 is 29.3 Å². The zero-order valence-corrected chi connectivity index (χ0v) is 17.4. The van der Waals surface area contributed by atoms with Gasteiger partial charge in [-0.25, -0.2) is 0 Å². The molecule has 0 bridgehead atoms. The number of Topliss-reactive ketones (excluding diaryl/α,β-unsaturated/α-hetero) is 1. The van der Waals surface area contributed by atoms with E-state index in [1.165, 1.54) is 4.24 Å². The molecule has 1 aliphatic rings. The third-order valence-electron chi connectivity index (χ3n) is 4.96. The first-order chi connectivity index (χ1) is 13.8. The number of carbonyl (C=O) groups is 1. The summed E-state index contributed by atoms with van der Waals surface area (Å²) in [6, 6.07) is 28.7. The lowest BCUT2D eigenvalue weighted by Gasteiger charge is -2.23. The van der Waals surface area contributed by atoms with E-state index in [4.69, 9.17) is 0 Å². The van der Waals surface area contributed by atoms with E-state index in [9.17, 15) is 4.79 Å². The van der Waals surface area contributed by atoms with Crippen molar-refractivity contribution in [3.05, 3.63) is 117 Å². The van der Waals surface area contributed by atoms with Gasteiger partial charge in [0.15, 0.2) is 5.78 Å². The number of rotatable bonds is 5. The molecule has 1 aliphatic heterocycles. The Morgan fingerprint density at radius 2 is 1.25 bits per heavy atom. The molecule has 3 aromatic carbocycles. The molecule has 0 spiro atoms. The fraction of sp³-hybridized carbons (Fsp3) is 0.160. The maximum atomic E-state index is 13.9. The van der Waals surface area contributed by atoms with Crippen LogP contribution >= 0.6 is 23.5 Å². The Bertz CT molecular complexity index is 946. The predicted octanol–water partition coefficient (Wildman–Crippen LogP) is 6.70. The molecule has 0 aliphatic carbocycles. The number of benzene rings is 3. The molecule has 140 valence electrons. The van der Waals surface area contributed by atoms with E-state index in [-0.39, 0.29) is 11.7 Å². The Morgan fingerprint density at radius 3 is 1.79 bits per heavy atom. The van der Waals surface area contributed by atoms with Gasteiger partial charge in [-0.2, -0.15) is 0 Å². The zero-order valence-electron chi connectivity index (χ0n) is 15.8. The molecule has 0 aromatic heterocycles. The summed E-state index contributed by atoms with van der Waals surface area (Å²) in [5.74, 6) is 2.19. The Hall–Kier alpha value is -2.23. The first kappa shape index (κ1) is 19.1. The summed E-state index contributed by atoms with van der Waals surface area (Å²) in [5, 5.41) is 0. The van der Waals surface area contributed by atoms with Gasteiger partial charge in [0.2, 0.25) is 0 Å². The van der Waals surface area contributed by atoms with Gasteiger partial charge in [0.25, 0.3) is 0 Å². The minimum absolute atomic E-state index is 0.0670. The molecule has 1 nitrogen and oxygen atoms in total. The van der Waals surface area contributed by atoms with Crippen LogP contribution in [0.4, 0.5) is 0 Å². The maximum Gasteiger partial charge on any atom is 0.191 e. The monoisotopic (exact) mass is 402 g/mol. The maximum absolute atomic E-state index is 13.9. The van der Waals surface area contributed by atoms with E-state index in [0.717, 1.165) is 39.3 Å². The molecular weight excluding hydrogens is 380 g/mol. The molecule has 0 N–H and O–H groups in total. The predicted molar refractivity (Wildman–Crippen MR) is 122 cm³/mol. The summed E-state index contributed by atoms with van der Waals surface area (Å²) in [7, 11) is 0. The summed E-state index contributed by atoms with van der Waals surface area (Å²) in [5.41, 5.74) is 5.06. The highest BCUT2D eigenvalue weighted by Crippen LogP contribution is 2.46. The van der Waals surface area contributed by atoms with Gasteiger partial charge in [0.1, 0.15) is 0 Å². The molecule has 0 radical (unpaired) electrons. The Kier molecular flexibility index (Phi) is 6.04. The number of thioether (sulfide) groups is 2. The lowest BCUT2D eigenvalue weighted by molar-refractivity contribution is 0.102. The van der Waals surface area contributed by atoms with Crippen LogP contribution in [0.25, 0.3) is 0 Å². The average Bonchev–Trinajstić information content (AvgIpc) is 3.27. The third kappa shape index (κ3) is 3.96. The number of hydrogen-bond donors (Lipinski definition) is 0. The quantitative estimate of drug-likeness (QED) is 0.349. The molecule has 0 unspecified atom stereocenters. The second kappa shape index (κ2) is 8.85. The molecule has 3 heteroatoms. The fourth-order valence-corrected chi connectivity index (χ4v) is 6.20. The summed E-state index contributed by atoms with van der Waals surface area (Å²) in [6.45, 7) is 2.02. The van der Waals surface area contributed by atoms with Crippen LogP contribution < -0.4 is 0 Å². The molecular formula is C25H22OS2. The molecule has 4 rings (SSSR count). The van der Waals surface area contributed by atoms with Crippen molar-refractivity contribution in [1.29, 1.82) is 0 Å². The summed E-state index contributed by atoms with van der Waals surface area (Å²) < 4.78 is 1.17. The first-order valence-corrected chi connectivity index (χ1v) is 11.4. The van der Waals surface area contributed by atoms with Crippen molar-refractivity contribution in [1.82, 2.24) is 0 Å². The van der Waals surface area contributed by atoms with E-state index in [1.807, 2.05) is 66.8 Å². The minimum atomic E-state index is -0.0670. The lowest BCUT2D eigenvalue weighted by Crippen LogP contribution is -2.16. The SMILES string of the molecule is Cc1ccccc1C(=O)C(=C1SCCS1)C(c1ccccc1)c1ccccc1. The highest BCUT2D eigenvalue weighted by atomic mass is 32.2. The van der Waals surface area contributed by atoms with Crippen molar-refractivity contribution in [2.45, 2.75) is 12.8 Å². The van der Waals surface area contributed by atoms with Gasteiger partial charge in [0, 0.05) is 32.8 Å². The highest BCUT2D eigenvalue weighted by Gasteiger charge is 2.31. The number of carbonyl (C=O) groups excluding carboxylic acids is 1. The standard InChI is InChI=1S/C25H22OS2/c1-18-10-8-9-15-21(18)24(26)23(25-27-16-17-28-25)22(19-11-4-2-5-12-19)20-13-6-3-7-14-20/h2-15,22H,16-17H2,1H3. The second-order valence-electron chi connectivity index (χ2n) is 6.80. The Balaban J connectivity index is 1.92. The van der Waals surface area contributed by atoms with Crippen LogP contribution in [0.15, 0.2) is 94.7 Å². The largest absolute Gasteiger partial charge is 0.289 e.